The SMILES string of the molecule is Br.[Br-].[Br-].c1ccc2c(c1)c[n+](CCC1CCCN(CC[n+]3cc4ccccc4c4ccccc43)CCCN(CC[n+]3cc4ccccc4c4ccccc43)CCC1)c1ccccc21. The highest BCUT2D eigenvalue weighted by Gasteiger charge is 2.21. The molecule has 63 heavy (non-hydrogen) atoms. The molecule has 10 rings (SSSR count). The summed E-state index contributed by atoms with van der Waals surface area (Å²) in [6.07, 6.45) is 14.7. The van der Waals surface area contributed by atoms with Gasteiger partial charge in [0.05, 0.1) is 29.2 Å². The molecule has 3 aromatic heterocycles. The maximum Gasteiger partial charge on any atom is 0.213 e. The molecule has 8 heteroatoms. The van der Waals surface area contributed by atoms with E-state index in [9.17, 15) is 0 Å². The van der Waals surface area contributed by atoms with Crippen LogP contribution in [0.3, 0.4) is 0 Å². The Hall–Kier alpha value is -4.31. The monoisotopic (exact) mass is 1030 g/mol. The zero-order valence-electron chi connectivity index (χ0n) is 36.2. The lowest BCUT2D eigenvalue weighted by atomic mass is 9.93. The Bertz CT molecular complexity index is 2610. The third-order valence-electron chi connectivity index (χ3n) is 13.5. The Kier molecular flexibility index (Phi) is 16.3. The van der Waals surface area contributed by atoms with Crippen molar-refractivity contribution in [3.63, 3.8) is 0 Å². The van der Waals surface area contributed by atoms with Crippen LogP contribution in [0.4, 0.5) is 0 Å². The second kappa shape index (κ2) is 22.1. The maximum absolute atomic E-state index is 2.78. The van der Waals surface area contributed by atoms with Crippen LogP contribution in [0, 0.1) is 5.92 Å². The smallest absolute Gasteiger partial charge is 0.213 e. The molecule has 0 bridgehead atoms. The number of rotatable bonds is 9. The molecule has 0 amide bonds. The number of hydrogen-bond donors (Lipinski definition) is 0. The number of nitrogens with zero attached hydrogens (tertiary/aromatic N) is 5. The van der Waals surface area contributed by atoms with Crippen LogP contribution in [0.1, 0.15) is 38.5 Å². The molecular formula is C55H59Br3N5+. The van der Waals surface area contributed by atoms with Crippen molar-refractivity contribution in [3.8, 4) is 0 Å². The van der Waals surface area contributed by atoms with Gasteiger partial charge in [-0.1, -0.05) is 91.0 Å². The van der Waals surface area contributed by atoms with E-state index in [0.717, 1.165) is 58.9 Å². The zero-order valence-corrected chi connectivity index (χ0v) is 41.1. The summed E-state index contributed by atoms with van der Waals surface area (Å²) in [5.74, 6) is 0.698. The standard InChI is InChI=1S/C55H58N5.3BrH/c1-4-21-47-44(18-1)40-58(53-27-10-7-24-50(47)53)35-30-43-16-13-31-56(36-38-59-41-45-19-2-5-22-48(45)51-25-8-11-28-54(51)59)33-15-34-57(32-14-17-43)37-39-60-42-46-20-3-6-23-49(46)52-26-9-12-29-55(52)60;;;/h1-12,18-29,40-43H,13-17,30-39H2;3*1H/q+3;;;/p-2. The fourth-order valence-corrected chi connectivity index (χ4v) is 10.3. The van der Waals surface area contributed by atoms with E-state index in [1.54, 1.807) is 0 Å². The largest absolute Gasteiger partial charge is 1.00 e. The van der Waals surface area contributed by atoms with Crippen molar-refractivity contribution in [2.75, 3.05) is 39.3 Å². The van der Waals surface area contributed by atoms with Crippen LogP contribution in [-0.2, 0) is 19.6 Å². The van der Waals surface area contributed by atoms with Gasteiger partial charge in [0.2, 0.25) is 16.6 Å². The summed E-state index contributed by atoms with van der Waals surface area (Å²) in [5.41, 5.74) is 4.00. The van der Waals surface area contributed by atoms with Gasteiger partial charge in [-0.05, 0) is 101 Å². The van der Waals surface area contributed by atoms with E-state index in [1.165, 1.54) is 104 Å². The van der Waals surface area contributed by atoms with Crippen molar-refractivity contribution in [1.29, 1.82) is 0 Å². The molecule has 9 aromatic rings. The molecule has 1 saturated heterocycles. The number of hydrogen-bond acceptors (Lipinski definition) is 2. The minimum Gasteiger partial charge on any atom is -1.00 e. The number of para-hydroxylation sites is 3. The summed E-state index contributed by atoms with van der Waals surface area (Å²) < 4.78 is 7.57. The fraction of sp³-hybridized carbons (Fsp3) is 0.291. The van der Waals surface area contributed by atoms with Gasteiger partial charge >= 0.3 is 0 Å². The van der Waals surface area contributed by atoms with E-state index in [4.69, 9.17) is 0 Å². The third-order valence-corrected chi connectivity index (χ3v) is 13.5. The molecule has 0 saturated carbocycles. The summed E-state index contributed by atoms with van der Waals surface area (Å²) in [6, 6.07) is 53.5. The predicted octanol–water partition coefficient (Wildman–Crippen LogP) is 5.03. The molecule has 324 valence electrons. The van der Waals surface area contributed by atoms with Crippen molar-refractivity contribution in [2.24, 2.45) is 5.92 Å². The van der Waals surface area contributed by atoms with Gasteiger partial charge in [0, 0.05) is 56.9 Å². The van der Waals surface area contributed by atoms with Gasteiger partial charge in [0.1, 0.15) is 6.54 Å². The lowest BCUT2D eigenvalue weighted by Crippen LogP contribution is -3.00. The molecule has 1 fully saturated rings. The van der Waals surface area contributed by atoms with Crippen LogP contribution in [0.2, 0.25) is 0 Å². The molecular weight excluding hydrogens is 970 g/mol. The van der Waals surface area contributed by atoms with Gasteiger partial charge < -0.3 is 34.0 Å². The summed E-state index contributed by atoms with van der Waals surface area (Å²) in [6.45, 7) is 9.77. The van der Waals surface area contributed by atoms with Crippen LogP contribution >= 0.6 is 17.0 Å². The predicted molar refractivity (Wildman–Crippen MR) is 259 cm³/mol. The molecule has 0 unspecified atom stereocenters. The Balaban J connectivity index is 0.00000198. The van der Waals surface area contributed by atoms with Crippen molar-refractivity contribution < 1.29 is 47.7 Å². The van der Waals surface area contributed by atoms with Crippen LogP contribution in [0.25, 0.3) is 65.0 Å². The normalized spacial score (nSPS) is 14.9. The summed E-state index contributed by atoms with van der Waals surface area (Å²) in [7, 11) is 0. The topological polar surface area (TPSA) is 18.1 Å². The number of halogens is 3. The van der Waals surface area contributed by atoms with E-state index in [1.807, 2.05) is 0 Å². The Labute approximate surface area is 404 Å². The highest BCUT2D eigenvalue weighted by atomic mass is 79.9. The summed E-state index contributed by atoms with van der Waals surface area (Å²) in [5, 5.41) is 12.0. The fourth-order valence-electron chi connectivity index (χ4n) is 10.3. The number of pyridine rings is 3. The highest BCUT2D eigenvalue weighted by molar-refractivity contribution is 8.93. The van der Waals surface area contributed by atoms with Crippen molar-refractivity contribution >= 4 is 82.0 Å². The zero-order chi connectivity index (χ0) is 40.1. The maximum atomic E-state index is 2.78. The van der Waals surface area contributed by atoms with Crippen LogP contribution in [0.5, 0.6) is 0 Å². The lowest BCUT2D eigenvalue weighted by Gasteiger charge is -2.27. The number of benzene rings is 6. The van der Waals surface area contributed by atoms with Crippen LogP contribution in [-0.4, -0.2) is 49.1 Å². The molecule has 1 aliphatic rings. The molecule has 6 aromatic carbocycles. The first kappa shape index (κ1) is 46.7. The van der Waals surface area contributed by atoms with E-state index >= 15 is 0 Å². The molecule has 0 aliphatic carbocycles. The first-order valence-corrected chi connectivity index (χ1v) is 22.6. The molecule has 0 spiro atoms. The van der Waals surface area contributed by atoms with Gasteiger partial charge in [0.25, 0.3) is 0 Å². The van der Waals surface area contributed by atoms with E-state index < -0.39 is 0 Å². The van der Waals surface area contributed by atoms with Gasteiger partial charge in [-0.3, -0.25) is 9.80 Å². The van der Waals surface area contributed by atoms with E-state index in [0.29, 0.717) is 5.92 Å². The summed E-state index contributed by atoms with van der Waals surface area (Å²) >= 11 is 0. The minimum absolute atomic E-state index is 0. The van der Waals surface area contributed by atoms with Crippen LogP contribution in [0.15, 0.2) is 164 Å². The Morgan fingerprint density at radius 2 is 0.698 bits per heavy atom. The van der Waals surface area contributed by atoms with E-state index in [2.05, 4.69) is 188 Å². The first-order chi connectivity index (χ1) is 29.7. The van der Waals surface area contributed by atoms with Crippen molar-refractivity contribution in [2.45, 2.75) is 58.2 Å². The molecule has 4 heterocycles. The van der Waals surface area contributed by atoms with E-state index in [-0.39, 0.29) is 50.9 Å². The molecule has 1 aliphatic heterocycles. The molecule has 5 nitrogen and oxygen atoms in total. The van der Waals surface area contributed by atoms with Crippen molar-refractivity contribution in [1.82, 2.24) is 9.80 Å². The second-order valence-electron chi connectivity index (χ2n) is 17.3. The molecule has 0 N–H and O–H groups in total. The quantitative estimate of drug-likeness (QED) is 0.150. The average Bonchev–Trinajstić information content (AvgIpc) is 3.30. The number of aryl methyl sites for hydroxylation is 1. The van der Waals surface area contributed by atoms with Gasteiger partial charge in [-0.15, -0.1) is 17.0 Å². The number of fused-ring (bicyclic) bond motifs is 9. The lowest BCUT2D eigenvalue weighted by molar-refractivity contribution is -0.671. The van der Waals surface area contributed by atoms with Crippen molar-refractivity contribution in [3.05, 3.63) is 164 Å². The first-order valence-electron chi connectivity index (χ1n) is 22.6. The third kappa shape index (κ3) is 10.5. The van der Waals surface area contributed by atoms with Crippen LogP contribution < -0.4 is 47.7 Å². The summed E-state index contributed by atoms with van der Waals surface area (Å²) in [4.78, 5) is 5.57. The highest BCUT2D eigenvalue weighted by Crippen LogP contribution is 2.26. The van der Waals surface area contributed by atoms with Gasteiger partial charge in [0.15, 0.2) is 31.7 Å². The minimum atomic E-state index is 0. The van der Waals surface area contributed by atoms with Gasteiger partial charge in [-0.2, -0.15) is 13.7 Å². The average molecular weight is 1030 g/mol. The molecule has 0 atom stereocenters. The number of aromatic nitrogens is 3. The Morgan fingerprint density at radius 3 is 1.10 bits per heavy atom. The Morgan fingerprint density at radius 1 is 0.381 bits per heavy atom. The molecule has 0 radical (unpaired) electrons. The van der Waals surface area contributed by atoms with Gasteiger partial charge in [-0.25, -0.2) is 0 Å². The second-order valence-corrected chi connectivity index (χ2v) is 17.3.